The Morgan fingerprint density at radius 3 is 2.62 bits per heavy atom. The summed E-state index contributed by atoms with van der Waals surface area (Å²) in [6.45, 7) is 7.81. The number of aliphatic imine (C=N–C) groups is 1. The maximum atomic E-state index is 11.7. The third-order valence-corrected chi connectivity index (χ3v) is 6.59. The van der Waals surface area contributed by atoms with Crippen LogP contribution in [0.5, 0.6) is 0 Å². The number of rotatable bonds is 5. The minimum Gasteiger partial charge on any atom is -0.375 e. The number of nitrogens with zero attached hydrogens (tertiary/aromatic N) is 3. The van der Waals surface area contributed by atoms with Crippen LogP contribution in [0.3, 0.4) is 0 Å². The van der Waals surface area contributed by atoms with Crippen molar-refractivity contribution in [2.45, 2.75) is 38.4 Å². The predicted molar refractivity (Wildman–Crippen MR) is 101 cm³/mol. The summed E-state index contributed by atoms with van der Waals surface area (Å²) >= 11 is 0. The fourth-order valence-electron chi connectivity index (χ4n) is 3.88. The van der Waals surface area contributed by atoms with E-state index in [1.165, 1.54) is 6.26 Å². The Hall–Kier alpha value is -0.900. The van der Waals surface area contributed by atoms with Crippen molar-refractivity contribution >= 4 is 16.0 Å². The molecule has 0 amide bonds. The van der Waals surface area contributed by atoms with Crippen LogP contribution in [-0.4, -0.2) is 94.5 Å². The molecule has 3 atom stereocenters. The molecule has 0 aromatic heterocycles. The number of sulfonamides is 1. The smallest absolute Gasteiger partial charge is 0.211 e. The molecule has 0 saturated carbocycles. The molecular formula is C17H32N4O4S. The molecule has 3 rings (SSSR count). The average Bonchev–Trinajstić information content (AvgIpc) is 3.30. The van der Waals surface area contributed by atoms with E-state index in [1.54, 1.807) is 4.31 Å². The van der Waals surface area contributed by atoms with Crippen LogP contribution in [0, 0.1) is 5.92 Å². The first-order chi connectivity index (χ1) is 12.5. The maximum Gasteiger partial charge on any atom is 0.211 e. The Morgan fingerprint density at radius 2 is 1.96 bits per heavy atom. The Bertz CT molecular complexity index is 592. The monoisotopic (exact) mass is 388 g/mol. The van der Waals surface area contributed by atoms with Gasteiger partial charge in [0.2, 0.25) is 10.0 Å². The van der Waals surface area contributed by atoms with Crippen LogP contribution in [0.2, 0.25) is 0 Å². The van der Waals surface area contributed by atoms with Gasteiger partial charge in [0, 0.05) is 45.9 Å². The van der Waals surface area contributed by atoms with Gasteiger partial charge in [-0.15, -0.1) is 0 Å². The summed E-state index contributed by atoms with van der Waals surface area (Å²) in [5.74, 6) is 1.19. The summed E-state index contributed by atoms with van der Waals surface area (Å²) in [6.07, 6.45) is 4.62. The fourth-order valence-corrected chi connectivity index (χ4v) is 4.80. The summed E-state index contributed by atoms with van der Waals surface area (Å²) in [6, 6.07) is 0. The van der Waals surface area contributed by atoms with Gasteiger partial charge in [-0.1, -0.05) is 0 Å². The molecule has 0 radical (unpaired) electrons. The SMILES string of the molecule is CCNC(=NCC1CCN(S(C)(=O)=O)C1)N1CCOC(C2CCCO2)C1. The third-order valence-electron chi connectivity index (χ3n) is 5.32. The number of ether oxygens (including phenoxy) is 2. The molecular weight excluding hydrogens is 356 g/mol. The number of hydrogen-bond acceptors (Lipinski definition) is 5. The Morgan fingerprint density at radius 1 is 1.15 bits per heavy atom. The summed E-state index contributed by atoms with van der Waals surface area (Å²) in [7, 11) is -3.09. The number of nitrogens with one attached hydrogen (secondary N) is 1. The van der Waals surface area contributed by atoms with Gasteiger partial charge in [-0.2, -0.15) is 0 Å². The number of guanidine groups is 1. The molecule has 1 N–H and O–H groups in total. The topological polar surface area (TPSA) is 83.5 Å². The van der Waals surface area contributed by atoms with Crippen molar-refractivity contribution < 1.29 is 17.9 Å². The van der Waals surface area contributed by atoms with Crippen LogP contribution in [0.15, 0.2) is 4.99 Å². The van der Waals surface area contributed by atoms with E-state index in [1.807, 2.05) is 0 Å². The van der Waals surface area contributed by atoms with Crippen LogP contribution in [0.1, 0.15) is 26.2 Å². The molecule has 3 saturated heterocycles. The molecule has 3 fully saturated rings. The van der Waals surface area contributed by atoms with Crippen LogP contribution >= 0.6 is 0 Å². The molecule has 3 heterocycles. The number of hydrogen-bond donors (Lipinski definition) is 1. The van der Waals surface area contributed by atoms with Gasteiger partial charge in [-0.05, 0) is 32.1 Å². The molecule has 0 spiro atoms. The summed E-state index contributed by atoms with van der Waals surface area (Å²) in [4.78, 5) is 7.06. The highest BCUT2D eigenvalue weighted by Gasteiger charge is 2.33. The highest BCUT2D eigenvalue weighted by molar-refractivity contribution is 7.88. The zero-order valence-corrected chi connectivity index (χ0v) is 16.7. The second-order valence-electron chi connectivity index (χ2n) is 7.38. The second kappa shape index (κ2) is 8.86. The normalized spacial score (nSPS) is 31.5. The van der Waals surface area contributed by atoms with Crippen molar-refractivity contribution in [3.8, 4) is 0 Å². The third kappa shape index (κ3) is 5.09. The van der Waals surface area contributed by atoms with Gasteiger partial charge in [-0.3, -0.25) is 4.99 Å². The number of morpholine rings is 1. The molecule has 0 bridgehead atoms. The van der Waals surface area contributed by atoms with E-state index in [4.69, 9.17) is 14.5 Å². The van der Waals surface area contributed by atoms with Crippen LogP contribution in [0.4, 0.5) is 0 Å². The molecule has 8 nitrogen and oxygen atoms in total. The lowest BCUT2D eigenvalue weighted by molar-refractivity contribution is -0.0817. The van der Waals surface area contributed by atoms with Crippen molar-refractivity contribution in [3.05, 3.63) is 0 Å². The molecule has 3 aliphatic heterocycles. The van der Waals surface area contributed by atoms with E-state index in [2.05, 4.69) is 17.1 Å². The molecule has 26 heavy (non-hydrogen) atoms. The minimum absolute atomic E-state index is 0.0994. The fraction of sp³-hybridized carbons (Fsp3) is 0.941. The first-order valence-corrected chi connectivity index (χ1v) is 11.5. The quantitative estimate of drug-likeness (QED) is 0.532. The zero-order valence-electron chi connectivity index (χ0n) is 15.9. The van der Waals surface area contributed by atoms with E-state index in [-0.39, 0.29) is 18.1 Å². The Balaban J connectivity index is 1.58. The minimum atomic E-state index is -3.09. The zero-order chi connectivity index (χ0) is 18.6. The first-order valence-electron chi connectivity index (χ1n) is 9.69. The van der Waals surface area contributed by atoms with E-state index in [0.717, 1.165) is 51.5 Å². The molecule has 150 valence electrons. The van der Waals surface area contributed by atoms with Gasteiger partial charge in [0.15, 0.2) is 5.96 Å². The molecule has 0 aliphatic carbocycles. The maximum absolute atomic E-state index is 11.7. The molecule has 0 aromatic rings. The molecule has 9 heteroatoms. The van der Waals surface area contributed by atoms with E-state index < -0.39 is 10.0 Å². The summed E-state index contributed by atoms with van der Waals surface area (Å²) < 4.78 is 36.6. The predicted octanol–water partition coefficient (Wildman–Crippen LogP) is 0.113. The Labute approximate surface area is 157 Å². The standard InChI is InChI=1S/C17H32N4O4S/c1-3-18-17(19-11-14-6-7-21(12-14)26(2,22)23)20-8-10-25-16(13-20)15-5-4-9-24-15/h14-16H,3-13H2,1-2H3,(H,18,19). The van der Waals surface area contributed by atoms with Gasteiger partial charge in [0.1, 0.15) is 6.10 Å². The Kier molecular flexibility index (Phi) is 6.76. The van der Waals surface area contributed by atoms with Gasteiger partial charge in [0.05, 0.1) is 19.0 Å². The van der Waals surface area contributed by atoms with Crippen molar-refractivity contribution in [2.75, 3.05) is 58.7 Å². The van der Waals surface area contributed by atoms with Gasteiger partial charge < -0.3 is 19.7 Å². The highest BCUT2D eigenvalue weighted by atomic mass is 32.2. The highest BCUT2D eigenvalue weighted by Crippen LogP contribution is 2.22. The van der Waals surface area contributed by atoms with Crippen molar-refractivity contribution in [1.29, 1.82) is 0 Å². The first kappa shape index (κ1) is 19.9. The molecule has 3 aliphatic rings. The van der Waals surface area contributed by atoms with Crippen molar-refractivity contribution in [1.82, 2.24) is 14.5 Å². The van der Waals surface area contributed by atoms with E-state index >= 15 is 0 Å². The molecule has 0 aromatic carbocycles. The molecule has 3 unspecified atom stereocenters. The van der Waals surface area contributed by atoms with Crippen LogP contribution < -0.4 is 5.32 Å². The van der Waals surface area contributed by atoms with Crippen LogP contribution in [0.25, 0.3) is 0 Å². The summed E-state index contributed by atoms with van der Waals surface area (Å²) in [5, 5.41) is 3.38. The van der Waals surface area contributed by atoms with E-state index in [0.29, 0.717) is 26.2 Å². The van der Waals surface area contributed by atoms with E-state index in [9.17, 15) is 8.42 Å². The summed E-state index contributed by atoms with van der Waals surface area (Å²) in [5.41, 5.74) is 0. The average molecular weight is 389 g/mol. The van der Waals surface area contributed by atoms with Crippen molar-refractivity contribution in [2.24, 2.45) is 10.9 Å². The van der Waals surface area contributed by atoms with Gasteiger partial charge >= 0.3 is 0 Å². The van der Waals surface area contributed by atoms with Gasteiger partial charge in [-0.25, -0.2) is 12.7 Å². The van der Waals surface area contributed by atoms with Gasteiger partial charge in [0.25, 0.3) is 0 Å². The second-order valence-corrected chi connectivity index (χ2v) is 9.36. The van der Waals surface area contributed by atoms with Crippen molar-refractivity contribution in [3.63, 3.8) is 0 Å². The van der Waals surface area contributed by atoms with Crippen LogP contribution in [-0.2, 0) is 19.5 Å². The lowest BCUT2D eigenvalue weighted by Gasteiger charge is -2.37. The largest absolute Gasteiger partial charge is 0.375 e. The lowest BCUT2D eigenvalue weighted by atomic mass is 10.1. The lowest BCUT2D eigenvalue weighted by Crippen LogP contribution is -2.53.